The molecule has 106 valence electrons. The first-order valence-electron chi connectivity index (χ1n) is 6.38. The molecule has 0 aromatic heterocycles. The summed E-state index contributed by atoms with van der Waals surface area (Å²) in [6.45, 7) is 4.56. The maximum Gasteiger partial charge on any atom is 0.220 e. The molecule has 1 amide bonds. The molecule has 3 nitrogen and oxygen atoms in total. The summed E-state index contributed by atoms with van der Waals surface area (Å²) >= 11 is 11.8. The van der Waals surface area contributed by atoms with E-state index in [9.17, 15) is 4.79 Å². The molecule has 0 radical (unpaired) electrons. The fraction of sp³-hybridized carbons (Fsp3) is 0.500. The highest BCUT2D eigenvalue weighted by Crippen LogP contribution is 2.25. The Kier molecular flexibility index (Phi) is 6.63. The second-order valence-electron chi connectivity index (χ2n) is 4.84. The number of nitrogens with one attached hydrogen (secondary N) is 1. The van der Waals surface area contributed by atoms with Crippen LogP contribution in [-0.4, -0.2) is 12.5 Å². The van der Waals surface area contributed by atoms with E-state index in [1.165, 1.54) is 0 Å². The molecule has 0 aliphatic rings. The summed E-state index contributed by atoms with van der Waals surface area (Å²) in [5.41, 5.74) is 6.46. The van der Waals surface area contributed by atoms with Gasteiger partial charge in [0.1, 0.15) is 0 Å². The number of rotatable bonds is 6. The van der Waals surface area contributed by atoms with Gasteiger partial charge in [-0.05, 0) is 43.5 Å². The second kappa shape index (κ2) is 7.73. The summed E-state index contributed by atoms with van der Waals surface area (Å²) < 4.78 is 0. The second-order valence-corrected chi connectivity index (χ2v) is 5.66. The van der Waals surface area contributed by atoms with Gasteiger partial charge in [0.15, 0.2) is 0 Å². The van der Waals surface area contributed by atoms with Crippen molar-refractivity contribution in [2.75, 3.05) is 6.54 Å². The van der Waals surface area contributed by atoms with Gasteiger partial charge in [0.2, 0.25) is 5.91 Å². The first-order valence-corrected chi connectivity index (χ1v) is 7.14. The van der Waals surface area contributed by atoms with Crippen molar-refractivity contribution in [2.45, 2.75) is 32.7 Å². The van der Waals surface area contributed by atoms with Crippen molar-refractivity contribution in [3.63, 3.8) is 0 Å². The Morgan fingerprint density at radius 1 is 1.32 bits per heavy atom. The molecule has 1 aromatic rings. The molecule has 3 N–H and O–H groups in total. The van der Waals surface area contributed by atoms with Gasteiger partial charge in [-0.15, -0.1) is 0 Å². The summed E-state index contributed by atoms with van der Waals surface area (Å²) in [5, 5.41) is 3.95. The molecule has 5 heteroatoms. The first-order chi connectivity index (χ1) is 8.93. The van der Waals surface area contributed by atoms with Gasteiger partial charge in [-0.2, -0.15) is 0 Å². The highest BCUT2D eigenvalue weighted by Gasteiger charge is 2.11. The highest BCUT2D eigenvalue weighted by atomic mass is 35.5. The number of nitrogens with two attached hydrogens (primary N) is 1. The minimum atomic E-state index is -0.0875. The van der Waals surface area contributed by atoms with Gasteiger partial charge in [-0.3, -0.25) is 4.79 Å². The lowest BCUT2D eigenvalue weighted by atomic mass is 10.0. The Bertz CT molecular complexity index is 437. The molecule has 2 atom stereocenters. The van der Waals surface area contributed by atoms with Crippen molar-refractivity contribution >= 4 is 29.1 Å². The van der Waals surface area contributed by atoms with Crippen molar-refractivity contribution in [3.8, 4) is 0 Å². The zero-order valence-corrected chi connectivity index (χ0v) is 12.8. The Balaban J connectivity index is 2.51. The number of carbonyl (C=O) groups excluding carboxylic acids is 1. The van der Waals surface area contributed by atoms with E-state index < -0.39 is 0 Å². The van der Waals surface area contributed by atoms with Crippen molar-refractivity contribution in [1.82, 2.24) is 5.32 Å². The quantitative estimate of drug-likeness (QED) is 0.844. The summed E-state index contributed by atoms with van der Waals surface area (Å²) in [4.78, 5) is 11.8. The summed E-state index contributed by atoms with van der Waals surface area (Å²) in [5.74, 6) is 0.393. The lowest BCUT2D eigenvalue weighted by molar-refractivity contribution is -0.122. The Hall–Kier alpha value is -0.770. The molecule has 19 heavy (non-hydrogen) atoms. The van der Waals surface area contributed by atoms with Gasteiger partial charge in [0.25, 0.3) is 0 Å². The number of hydrogen-bond donors (Lipinski definition) is 2. The third kappa shape index (κ3) is 5.39. The Morgan fingerprint density at radius 2 is 2.00 bits per heavy atom. The van der Waals surface area contributed by atoms with Crippen LogP contribution in [0.2, 0.25) is 10.0 Å². The first kappa shape index (κ1) is 16.3. The lowest BCUT2D eigenvalue weighted by Crippen LogP contribution is -2.27. The van der Waals surface area contributed by atoms with Gasteiger partial charge in [0.05, 0.1) is 16.1 Å². The molecule has 0 spiro atoms. The number of halogens is 2. The van der Waals surface area contributed by atoms with Gasteiger partial charge >= 0.3 is 0 Å². The topological polar surface area (TPSA) is 55.1 Å². The average molecular weight is 303 g/mol. The Morgan fingerprint density at radius 3 is 2.58 bits per heavy atom. The van der Waals surface area contributed by atoms with Crippen molar-refractivity contribution < 1.29 is 4.79 Å². The van der Waals surface area contributed by atoms with E-state index in [1.54, 1.807) is 12.1 Å². The van der Waals surface area contributed by atoms with Gasteiger partial charge < -0.3 is 11.1 Å². The predicted molar refractivity (Wildman–Crippen MR) is 80.5 cm³/mol. The average Bonchev–Trinajstić information content (AvgIpc) is 2.38. The molecule has 0 fully saturated rings. The fourth-order valence-electron chi connectivity index (χ4n) is 1.67. The number of amides is 1. The van der Waals surface area contributed by atoms with Gasteiger partial charge in [-0.25, -0.2) is 0 Å². The molecule has 1 rings (SSSR count). The molecule has 2 unspecified atom stereocenters. The van der Waals surface area contributed by atoms with Crippen LogP contribution in [0.4, 0.5) is 0 Å². The fourth-order valence-corrected chi connectivity index (χ4v) is 1.98. The molecule has 0 heterocycles. The zero-order chi connectivity index (χ0) is 14.4. The number of benzene rings is 1. The van der Waals surface area contributed by atoms with E-state index in [4.69, 9.17) is 28.9 Å². The molecule has 0 saturated carbocycles. The van der Waals surface area contributed by atoms with Crippen LogP contribution >= 0.6 is 23.2 Å². The summed E-state index contributed by atoms with van der Waals surface area (Å²) in [6.07, 6.45) is 1.29. The minimum Gasteiger partial charge on any atom is -0.350 e. The van der Waals surface area contributed by atoms with Crippen LogP contribution in [0.5, 0.6) is 0 Å². The highest BCUT2D eigenvalue weighted by molar-refractivity contribution is 6.42. The van der Waals surface area contributed by atoms with Crippen molar-refractivity contribution in [1.29, 1.82) is 0 Å². The normalized spacial score (nSPS) is 13.9. The zero-order valence-electron chi connectivity index (χ0n) is 11.2. The van der Waals surface area contributed by atoms with Gasteiger partial charge in [-0.1, -0.05) is 36.2 Å². The molecular weight excluding hydrogens is 283 g/mol. The van der Waals surface area contributed by atoms with E-state index in [-0.39, 0.29) is 11.9 Å². The van der Waals surface area contributed by atoms with Gasteiger partial charge in [0, 0.05) is 6.42 Å². The predicted octanol–water partition coefficient (Wildman–Crippen LogP) is 3.55. The maximum absolute atomic E-state index is 11.8. The molecule has 1 aromatic carbocycles. The van der Waals surface area contributed by atoms with E-state index in [1.807, 2.05) is 19.9 Å². The number of hydrogen-bond acceptors (Lipinski definition) is 2. The smallest absolute Gasteiger partial charge is 0.220 e. The van der Waals surface area contributed by atoms with Crippen LogP contribution in [0.3, 0.4) is 0 Å². The maximum atomic E-state index is 11.8. The van der Waals surface area contributed by atoms with E-state index >= 15 is 0 Å². The molecule has 0 saturated heterocycles. The van der Waals surface area contributed by atoms with E-state index in [0.29, 0.717) is 28.9 Å². The van der Waals surface area contributed by atoms with E-state index in [0.717, 1.165) is 12.0 Å². The third-order valence-electron chi connectivity index (χ3n) is 3.09. The SMILES string of the molecule is CC(CN)CCC(=O)NC(C)c1ccc(Cl)c(Cl)c1. The van der Waals surface area contributed by atoms with Crippen LogP contribution in [0.15, 0.2) is 18.2 Å². The third-order valence-corrected chi connectivity index (χ3v) is 3.83. The molecule has 0 aliphatic heterocycles. The van der Waals surface area contributed by atoms with Crippen molar-refractivity contribution in [3.05, 3.63) is 33.8 Å². The Labute approximate surface area is 124 Å². The van der Waals surface area contributed by atoms with Crippen LogP contribution in [0.1, 0.15) is 38.3 Å². The van der Waals surface area contributed by atoms with Crippen molar-refractivity contribution in [2.24, 2.45) is 11.7 Å². The largest absolute Gasteiger partial charge is 0.350 e. The molecular formula is C14H20Cl2N2O. The van der Waals surface area contributed by atoms with E-state index in [2.05, 4.69) is 5.32 Å². The van der Waals surface area contributed by atoms with Crippen LogP contribution < -0.4 is 11.1 Å². The van der Waals surface area contributed by atoms with Crippen LogP contribution in [0.25, 0.3) is 0 Å². The van der Waals surface area contributed by atoms with Crippen LogP contribution in [-0.2, 0) is 4.79 Å². The molecule has 0 aliphatic carbocycles. The minimum absolute atomic E-state index is 0.0267. The summed E-state index contributed by atoms with van der Waals surface area (Å²) in [7, 11) is 0. The monoisotopic (exact) mass is 302 g/mol. The van der Waals surface area contributed by atoms with Crippen LogP contribution in [0, 0.1) is 5.92 Å². The summed E-state index contributed by atoms with van der Waals surface area (Å²) in [6, 6.07) is 5.28. The number of carbonyl (C=O) groups is 1. The molecule has 0 bridgehead atoms. The standard InChI is InChI=1S/C14H20Cl2N2O/c1-9(8-17)3-6-14(19)18-10(2)11-4-5-12(15)13(16)7-11/h4-5,7,9-10H,3,6,8,17H2,1-2H3,(H,18,19). The lowest BCUT2D eigenvalue weighted by Gasteiger charge is -2.16.